The number of nitrogens with two attached hydrogens (primary N) is 1. The summed E-state index contributed by atoms with van der Waals surface area (Å²) in [4.78, 5) is 13.9. The number of nitrogens with zero attached hydrogens (tertiary/aromatic N) is 2. The Kier molecular flexibility index (Phi) is 5.05. The third-order valence-electron chi connectivity index (χ3n) is 3.56. The third-order valence-corrected chi connectivity index (χ3v) is 4.65. The first-order chi connectivity index (χ1) is 10.3. The molecule has 2 N–H and O–H groups in total. The van der Waals surface area contributed by atoms with E-state index in [0.717, 1.165) is 5.56 Å². The highest BCUT2D eigenvalue weighted by Crippen LogP contribution is 2.15. The Labute approximate surface area is 130 Å². The number of piperazine rings is 1. The molecule has 22 heavy (non-hydrogen) atoms. The van der Waals surface area contributed by atoms with E-state index in [2.05, 4.69) is 0 Å². The van der Waals surface area contributed by atoms with Crippen molar-refractivity contribution >= 4 is 16.1 Å². The molecule has 2 rings (SSSR count). The highest BCUT2D eigenvalue weighted by molar-refractivity contribution is 7.86. The molecule has 0 bridgehead atoms. The lowest BCUT2D eigenvalue weighted by Gasteiger charge is -2.34. The molecule has 1 aromatic rings. The molecule has 1 aliphatic heterocycles. The lowest BCUT2D eigenvalue weighted by Crippen LogP contribution is -2.54. The van der Waals surface area contributed by atoms with Gasteiger partial charge in [-0.2, -0.15) is 12.7 Å². The van der Waals surface area contributed by atoms with Crippen LogP contribution in [-0.4, -0.2) is 55.8 Å². The summed E-state index contributed by atoms with van der Waals surface area (Å²) in [6, 6.07) is 7.48. The van der Waals surface area contributed by atoms with Crippen molar-refractivity contribution in [2.45, 2.75) is 20.0 Å². The summed E-state index contributed by atoms with van der Waals surface area (Å²) in [5, 5.41) is 5.08. The van der Waals surface area contributed by atoms with Gasteiger partial charge in [0, 0.05) is 26.2 Å². The lowest BCUT2D eigenvalue weighted by molar-refractivity contribution is -0.139. The number of rotatable bonds is 4. The van der Waals surface area contributed by atoms with E-state index in [0.29, 0.717) is 18.8 Å². The van der Waals surface area contributed by atoms with Crippen LogP contribution in [0.5, 0.6) is 5.75 Å². The molecule has 122 valence electrons. The quantitative estimate of drug-likeness (QED) is 0.849. The van der Waals surface area contributed by atoms with Crippen molar-refractivity contribution in [3.63, 3.8) is 0 Å². The molecule has 0 unspecified atom stereocenters. The van der Waals surface area contributed by atoms with Crippen LogP contribution in [0, 0.1) is 6.92 Å². The van der Waals surface area contributed by atoms with Gasteiger partial charge in [0.25, 0.3) is 16.1 Å². The predicted molar refractivity (Wildman–Crippen MR) is 82.5 cm³/mol. The van der Waals surface area contributed by atoms with E-state index in [1.807, 2.05) is 25.1 Å². The fourth-order valence-electron chi connectivity index (χ4n) is 2.36. The summed E-state index contributed by atoms with van der Waals surface area (Å²) in [5.74, 6) is 0.486. The van der Waals surface area contributed by atoms with Crippen LogP contribution in [0.1, 0.15) is 12.5 Å². The third kappa shape index (κ3) is 4.19. The zero-order valence-corrected chi connectivity index (χ0v) is 13.5. The summed E-state index contributed by atoms with van der Waals surface area (Å²) < 4.78 is 29.3. The summed E-state index contributed by atoms with van der Waals surface area (Å²) in [7, 11) is -3.68. The van der Waals surface area contributed by atoms with Gasteiger partial charge in [-0.15, -0.1) is 0 Å². The van der Waals surface area contributed by atoms with E-state index in [9.17, 15) is 13.2 Å². The average molecular weight is 327 g/mol. The van der Waals surface area contributed by atoms with Gasteiger partial charge in [-0.05, 0) is 31.5 Å². The maximum Gasteiger partial charge on any atom is 0.277 e. The first kappa shape index (κ1) is 16.7. The summed E-state index contributed by atoms with van der Waals surface area (Å²) in [6.45, 7) is 4.69. The van der Waals surface area contributed by atoms with Crippen LogP contribution in [0.15, 0.2) is 24.3 Å². The number of hydrogen-bond donors (Lipinski definition) is 1. The van der Waals surface area contributed by atoms with E-state index in [1.165, 1.54) is 4.31 Å². The van der Waals surface area contributed by atoms with Crippen molar-refractivity contribution in [1.29, 1.82) is 0 Å². The van der Waals surface area contributed by atoms with Gasteiger partial charge in [-0.25, -0.2) is 5.14 Å². The number of carbonyl (C=O) groups excluding carboxylic acids is 1. The van der Waals surface area contributed by atoms with Crippen molar-refractivity contribution in [2.75, 3.05) is 26.2 Å². The number of hydrogen-bond acceptors (Lipinski definition) is 4. The van der Waals surface area contributed by atoms with E-state index in [-0.39, 0.29) is 19.0 Å². The maximum absolute atomic E-state index is 12.3. The maximum atomic E-state index is 12.3. The Morgan fingerprint density at radius 3 is 2.45 bits per heavy atom. The number of amides is 1. The fraction of sp³-hybridized carbons (Fsp3) is 0.500. The second kappa shape index (κ2) is 6.64. The Bertz CT molecular complexity index is 639. The van der Waals surface area contributed by atoms with Gasteiger partial charge >= 0.3 is 0 Å². The smallest absolute Gasteiger partial charge is 0.277 e. The summed E-state index contributed by atoms with van der Waals surface area (Å²) >= 11 is 0. The van der Waals surface area contributed by atoms with Crippen molar-refractivity contribution < 1.29 is 17.9 Å². The fourth-order valence-corrected chi connectivity index (χ4v) is 3.04. The second-order valence-electron chi connectivity index (χ2n) is 5.35. The Balaban J connectivity index is 1.92. The van der Waals surface area contributed by atoms with Crippen LogP contribution in [0.4, 0.5) is 0 Å². The molecular weight excluding hydrogens is 306 g/mol. The van der Waals surface area contributed by atoms with Crippen molar-refractivity contribution in [1.82, 2.24) is 9.21 Å². The van der Waals surface area contributed by atoms with Gasteiger partial charge in [0.15, 0.2) is 6.10 Å². The molecule has 0 aliphatic carbocycles. The average Bonchev–Trinajstić information content (AvgIpc) is 2.45. The van der Waals surface area contributed by atoms with Crippen LogP contribution in [-0.2, 0) is 15.0 Å². The summed E-state index contributed by atoms with van der Waals surface area (Å²) in [5.41, 5.74) is 1.05. The molecule has 1 aliphatic rings. The molecule has 0 saturated carbocycles. The minimum Gasteiger partial charge on any atom is -0.481 e. The molecule has 1 atom stereocenters. The lowest BCUT2D eigenvalue weighted by atomic mass is 10.2. The first-order valence-corrected chi connectivity index (χ1v) is 8.57. The molecule has 1 heterocycles. The zero-order valence-electron chi connectivity index (χ0n) is 12.7. The SMILES string of the molecule is Cc1cccc(O[C@H](C)C(=O)N2CCN(S(N)(=O)=O)CC2)c1. The minimum absolute atomic E-state index is 0.157. The highest BCUT2D eigenvalue weighted by atomic mass is 32.2. The second-order valence-corrected chi connectivity index (χ2v) is 6.89. The minimum atomic E-state index is -3.68. The van der Waals surface area contributed by atoms with E-state index < -0.39 is 16.3 Å². The molecular formula is C14H21N3O4S. The molecule has 1 fully saturated rings. The number of ether oxygens (including phenoxy) is 1. The molecule has 0 spiro atoms. The van der Waals surface area contributed by atoms with E-state index in [4.69, 9.17) is 9.88 Å². The van der Waals surface area contributed by atoms with Crippen LogP contribution in [0.3, 0.4) is 0 Å². The van der Waals surface area contributed by atoms with Crippen molar-refractivity contribution in [3.05, 3.63) is 29.8 Å². The topological polar surface area (TPSA) is 92.9 Å². The molecule has 0 radical (unpaired) electrons. The zero-order chi connectivity index (χ0) is 16.3. The molecule has 1 saturated heterocycles. The normalized spacial score (nSPS) is 18.0. The highest BCUT2D eigenvalue weighted by Gasteiger charge is 2.29. The van der Waals surface area contributed by atoms with Crippen LogP contribution >= 0.6 is 0 Å². The number of carbonyl (C=O) groups is 1. The molecule has 7 nitrogen and oxygen atoms in total. The van der Waals surface area contributed by atoms with Crippen LogP contribution in [0.2, 0.25) is 0 Å². The summed E-state index contributed by atoms with van der Waals surface area (Å²) in [6.07, 6.45) is -0.622. The van der Waals surface area contributed by atoms with E-state index in [1.54, 1.807) is 17.9 Å². The molecule has 8 heteroatoms. The standard InChI is InChI=1S/C14H21N3O4S/c1-11-4-3-5-13(10-11)21-12(2)14(18)16-6-8-17(9-7-16)22(15,19)20/h3-5,10,12H,6-9H2,1-2H3,(H2,15,19,20)/t12-/m1/s1. The van der Waals surface area contributed by atoms with Gasteiger partial charge in [0.1, 0.15) is 5.75 Å². The van der Waals surface area contributed by atoms with Gasteiger partial charge in [-0.1, -0.05) is 12.1 Å². The first-order valence-electron chi connectivity index (χ1n) is 7.07. The Morgan fingerprint density at radius 2 is 1.91 bits per heavy atom. The van der Waals surface area contributed by atoms with Gasteiger partial charge < -0.3 is 9.64 Å². The largest absolute Gasteiger partial charge is 0.481 e. The predicted octanol–water partition coefficient (Wildman–Crippen LogP) is 0.110. The van der Waals surface area contributed by atoms with Crippen LogP contribution in [0.25, 0.3) is 0 Å². The Hall–Kier alpha value is -1.64. The van der Waals surface area contributed by atoms with Gasteiger partial charge in [0.2, 0.25) is 0 Å². The van der Waals surface area contributed by atoms with E-state index >= 15 is 0 Å². The van der Waals surface area contributed by atoms with Crippen molar-refractivity contribution in [2.24, 2.45) is 5.14 Å². The van der Waals surface area contributed by atoms with Crippen LogP contribution < -0.4 is 9.88 Å². The number of benzene rings is 1. The Morgan fingerprint density at radius 1 is 1.27 bits per heavy atom. The molecule has 1 aromatic carbocycles. The molecule has 1 amide bonds. The van der Waals surface area contributed by atoms with Crippen molar-refractivity contribution in [3.8, 4) is 5.75 Å². The monoisotopic (exact) mass is 327 g/mol. The molecule has 0 aromatic heterocycles. The van der Waals surface area contributed by atoms with Gasteiger partial charge in [0.05, 0.1) is 0 Å². The number of aryl methyl sites for hydroxylation is 1. The van der Waals surface area contributed by atoms with Gasteiger partial charge in [-0.3, -0.25) is 4.79 Å².